The number of benzene rings is 1. The molecule has 0 saturated heterocycles. The van der Waals surface area contributed by atoms with Gasteiger partial charge in [-0.15, -0.1) is 0 Å². The smallest absolute Gasteiger partial charge is 0.166 e. The summed E-state index contributed by atoms with van der Waals surface area (Å²) in [5, 5.41) is 0. The van der Waals surface area contributed by atoms with Crippen molar-refractivity contribution in [3.63, 3.8) is 0 Å². The molecule has 0 aliphatic carbocycles. The predicted molar refractivity (Wildman–Crippen MR) is 69.1 cm³/mol. The van der Waals surface area contributed by atoms with E-state index in [-0.39, 0.29) is 17.5 Å². The van der Waals surface area contributed by atoms with Gasteiger partial charge in [0.25, 0.3) is 0 Å². The van der Waals surface area contributed by atoms with Crippen LogP contribution in [0.5, 0.6) is 0 Å². The fourth-order valence-corrected chi connectivity index (χ4v) is 1.84. The number of carbonyl (C=O) groups excluding carboxylic acids is 1. The predicted octanol–water partition coefficient (Wildman–Crippen LogP) is 3.51. The van der Waals surface area contributed by atoms with Gasteiger partial charge in [0.2, 0.25) is 0 Å². The van der Waals surface area contributed by atoms with Crippen molar-refractivity contribution in [3.8, 4) is 0 Å². The summed E-state index contributed by atoms with van der Waals surface area (Å²) in [5.41, 5.74) is 1.30. The van der Waals surface area contributed by atoms with Crippen LogP contribution in [-0.2, 0) is 6.54 Å². The second-order valence-electron chi connectivity index (χ2n) is 4.68. The van der Waals surface area contributed by atoms with Crippen LogP contribution in [0.4, 0.5) is 4.39 Å². The molecule has 0 radical (unpaired) electrons. The third kappa shape index (κ3) is 2.67. The van der Waals surface area contributed by atoms with E-state index in [0.29, 0.717) is 17.7 Å². The maximum Gasteiger partial charge on any atom is 0.166 e. The Morgan fingerprint density at radius 3 is 2.67 bits per heavy atom. The van der Waals surface area contributed by atoms with Crippen molar-refractivity contribution in [1.29, 1.82) is 0 Å². The van der Waals surface area contributed by atoms with Gasteiger partial charge in [-0.3, -0.25) is 4.79 Å². The minimum absolute atomic E-state index is 0.0192. The lowest BCUT2D eigenvalue weighted by molar-refractivity contribution is 0.0939. The second kappa shape index (κ2) is 5.17. The average Bonchev–Trinajstić information content (AvgIpc) is 2.79. The molecule has 94 valence electrons. The number of carbonyl (C=O) groups is 1. The van der Waals surface area contributed by atoms with E-state index in [2.05, 4.69) is 0 Å². The van der Waals surface area contributed by atoms with Gasteiger partial charge in [0.1, 0.15) is 5.82 Å². The van der Waals surface area contributed by atoms with Gasteiger partial charge < -0.3 is 4.57 Å². The van der Waals surface area contributed by atoms with E-state index >= 15 is 0 Å². The summed E-state index contributed by atoms with van der Waals surface area (Å²) in [6, 6.07) is 8.45. The highest BCUT2D eigenvalue weighted by atomic mass is 19.1. The van der Waals surface area contributed by atoms with Crippen molar-refractivity contribution >= 4 is 5.78 Å². The highest BCUT2D eigenvalue weighted by molar-refractivity contribution is 5.97. The third-order valence-electron chi connectivity index (χ3n) is 2.87. The molecule has 0 N–H and O–H groups in total. The van der Waals surface area contributed by atoms with Crippen LogP contribution in [-0.4, -0.2) is 10.4 Å². The molecule has 0 saturated carbocycles. The van der Waals surface area contributed by atoms with E-state index in [1.807, 2.05) is 30.7 Å². The molecule has 0 atom stereocenters. The zero-order valence-corrected chi connectivity index (χ0v) is 10.6. The highest BCUT2D eigenvalue weighted by Crippen LogP contribution is 2.12. The fraction of sp³-hybridized carbons (Fsp3) is 0.267. The molecule has 18 heavy (non-hydrogen) atoms. The Hall–Kier alpha value is -1.90. The minimum Gasteiger partial charge on any atom is -0.349 e. The van der Waals surface area contributed by atoms with E-state index in [1.165, 1.54) is 6.07 Å². The molecule has 1 aromatic heterocycles. The van der Waals surface area contributed by atoms with Crippen molar-refractivity contribution in [1.82, 2.24) is 4.57 Å². The van der Waals surface area contributed by atoms with Crippen LogP contribution in [0.15, 0.2) is 42.7 Å². The van der Waals surface area contributed by atoms with E-state index in [9.17, 15) is 9.18 Å². The normalized spacial score (nSPS) is 10.9. The molecule has 0 unspecified atom stereocenters. The molecule has 1 aromatic carbocycles. The number of hydrogen-bond donors (Lipinski definition) is 0. The topological polar surface area (TPSA) is 22.0 Å². The Kier molecular flexibility index (Phi) is 3.60. The van der Waals surface area contributed by atoms with Crippen molar-refractivity contribution in [2.45, 2.75) is 20.4 Å². The number of nitrogens with zero attached hydrogens (tertiary/aromatic N) is 1. The van der Waals surface area contributed by atoms with Gasteiger partial charge in [-0.05, 0) is 12.1 Å². The largest absolute Gasteiger partial charge is 0.349 e. The molecule has 0 amide bonds. The zero-order valence-electron chi connectivity index (χ0n) is 10.6. The van der Waals surface area contributed by atoms with E-state index < -0.39 is 0 Å². The van der Waals surface area contributed by atoms with Crippen molar-refractivity contribution in [2.24, 2.45) is 5.92 Å². The van der Waals surface area contributed by atoms with E-state index in [0.717, 1.165) is 0 Å². The minimum atomic E-state index is -0.220. The first kappa shape index (κ1) is 12.6. The molecule has 1 heterocycles. The van der Waals surface area contributed by atoms with Gasteiger partial charge in [-0.1, -0.05) is 32.0 Å². The Morgan fingerprint density at radius 1 is 1.28 bits per heavy atom. The molecule has 0 aliphatic heterocycles. The molecule has 2 aromatic rings. The van der Waals surface area contributed by atoms with Crippen LogP contribution in [0, 0.1) is 11.7 Å². The van der Waals surface area contributed by atoms with E-state index in [4.69, 9.17) is 0 Å². The summed E-state index contributed by atoms with van der Waals surface area (Å²) in [6.07, 6.45) is 3.58. The molecule has 2 rings (SSSR count). The van der Waals surface area contributed by atoms with Crippen LogP contribution < -0.4 is 0 Å². The van der Waals surface area contributed by atoms with Crippen molar-refractivity contribution < 1.29 is 9.18 Å². The summed E-state index contributed by atoms with van der Waals surface area (Å²) in [4.78, 5) is 11.8. The Balaban J connectivity index is 2.17. The van der Waals surface area contributed by atoms with Crippen molar-refractivity contribution in [2.75, 3.05) is 0 Å². The lowest BCUT2D eigenvalue weighted by Crippen LogP contribution is -2.06. The number of halogens is 1. The SMILES string of the molecule is CC(C)C(=O)c1ccn(Cc2ccccc2F)c1. The maximum atomic E-state index is 13.5. The highest BCUT2D eigenvalue weighted by Gasteiger charge is 2.11. The summed E-state index contributed by atoms with van der Waals surface area (Å²) in [7, 11) is 0. The molecule has 0 fully saturated rings. The zero-order chi connectivity index (χ0) is 13.1. The molecular formula is C15H16FNO. The molecule has 0 aliphatic rings. The Bertz CT molecular complexity index is 557. The quantitative estimate of drug-likeness (QED) is 0.755. The molecular weight excluding hydrogens is 229 g/mol. The molecule has 0 bridgehead atoms. The summed E-state index contributed by atoms with van der Waals surface area (Å²) in [6.45, 7) is 4.19. The fourth-order valence-electron chi connectivity index (χ4n) is 1.84. The van der Waals surface area contributed by atoms with Crippen LogP contribution in [0.25, 0.3) is 0 Å². The summed E-state index contributed by atoms with van der Waals surface area (Å²) < 4.78 is 15.3. The lowest BCUT2D eigenvalue weighted by Gasteiger charge is -2.04. The average molecular weight is 245 g/mol. The van der Waals surface area contributed by atoms with Gasteiger partial charge >= 0.3 is 0 Å². The number of ketones is 1. The second-order valence-corrected chi connectivity index (χ2v) is 4.68. The number of Topliss-reactive ketones (excluding diaryl/α,β-unsaturated/α-hetero) is 1. The molecule has 2 nitrogen and oxygen atoms in total. The molecule has 0 spiro atoms. The van der Waals surface area contributed by atoms with Crippen LogP contribution in [0.3, 0.4) is 0 Å². The van der Waals surface area contributed by atoms with Gasteiger partial charge in [0.05, 0.1) is 0 Å². The maximum absolute atomic E-state index is 13.5. The van der Waals surface area contributed by atoms with Crippen LogP contribution >= 0.6 is 0 Å². The first-order valence-corrected chi connectivity index (χ1v) is 6.01. The number of hydrogen-bond acceptors (Lipinski definition) is 1. The third-order valence-corrected chi connectivity index (χ3v) is 2.87. The lowest BCUT2D eigenvalue weighted by atomic mass is 10.0. The van der Waals surface area contributed by atoms with Crippen LogP contribution in [0.1, 0.15) is 29.8 Å². The van der Waals surface area contributed by atoms with Gasteiger partial charge in [-0.2, -0.15) is 0 Å². The number of aromatic nitrogens is 1. The molecule has 3 heteroatoms. The first-order chi connectivity index (χ1) is 8.58. The standard InChI is InChI=1S/C15H16FNO/c1-11(2)15(18)13-7-8-17(10-13)9-12-5-3-4-6-14(12)16/h3-8,10-11H,9H2,1-2H3. The summed E-state index contributed by atoms with van der Waals surface area (Å²) >= 11 is 0. The first-order valence-electron chi connectivity index (χ1n) is 6.01. The van der Waals surface area contributed by atoms with Gasteiger partial charge in [-0.25, -0.2) is 4.39 Å². The van der Waals surface area contributed by atoms with Gasteiger partial charge in [0.15, 0.2) is 5.78 Å². The van der Waals surface area contributed by atoms with Gasteiger partial charge in [0, 0.05) is 36.0 Å². The number of rotatable bonds is 4. The van der Waals surface area contributed by atoms with Crippen molar-refractivity contribution in [3.05, 3.63) is 59.7 Å². The van der Waals surface area contributed by atoms with E-state index in [1.54, 1.807) is 24.4 Å². The Morgan fingerprint density at radius 2 is 2.00 bits per heavy atom. The summed E-state index contributed by atoms with van der Waals surface area (Å²) in [5.74, 6) is -0.125. The monoisotopic (exact) mass is 245 g/mol. The van der Waals surface area contributed by atoms with Crippen LogP contribution in [0.2, 0.25) is 0 Å². The Labute approximate surface area is 106 Å².